The van der Waals surface area contributed by atoms with Gasteiger partial charge in [-0.25, -0.2) is 0 Å². The molecule has 1 aromatic heterocycles. The van der Waals surface area contributed by atoms with Crippen LogP contribution < -0.4 is 9.47 Å². The van der Waals surface area contributed by atoms with Crippen molar-refractivity contribution in [3.63, 3.8) is 0 Å². The third-order valence-corrected chi connectivity index (χ3v) is 5.18. The van der Waals surface area contributed by atoms with Crippen molar-refractivity contribution in [3.05, 3.63) is 83.9 Å². The molecule has 7 heteroatoms. The van der Waals surface area contributed by atoms with Crippen molar-refractivity contribution in [1.29, 1.82) is 0 Å². The van der Waals surface area contributed by atoms with E-state index in [1.807, 2.05) is 73.7 Å². The molecule has 0 unspecified atom stereocenters. The molecule has 0 saturated heterocycles. The lowest BCUT2D eigenvalue weighted by atomic mass is 10.1. The number of nitrogens with zero attached hydrogens (tertiary/aromatic N) is 3. The number of hydrogen-bond acceptors (Lipinski definition) is 6. The first-order valence-corrected chi connectivity index (χ1v) is 10.5. The number of aromatic nitrogens is 2. The van der Waals surface area contributed by atoms with Gasteiger partial charge in [-0.3, -0.25) is 4.79 Å². The maximum absolute atomic E-state index is 12.6. The SMILES string of the molecule is COc1ccc(CN(C)C(=O)COc2ccccc2-c2nc(-c3cccc(C)c3)no2)cc1. The highest BCUT2D eigenvalue weighted by atomic mass is 16.5. The summed E-state index contributed by atoms with van der Waals surface area (Å²) in [4.78, 5) is 18.8. The molecule has 0 N–H and O–H groups in total. The summed E-state index contributed by atoms with van der Waals surface area (Å²) in [7, 11) is 3.37. The zero-order chi connectivity index (χ0) is 23.2. The molecule has 33 heavy (non-hydrogen) atoms. The first-order chi connectivity index (χ1) is 16.0. The van der Waals surface area contributed by atoms with Crippen LogP contribution >= 0.6 is 0 Å². The van der Waals surface area contributed by atoms with Crippen LogP contribution in [0.4, 0.5) is 0 Å². The zero-order valence-corrected chi connectivity index (χ0v) is 18.8. The molecular weight excluding hydrogens is 418 g/mol. The van der Waals surface area contributed by atoms with Gasteiger partial charge in [-0.15, -0.1) is 0 Å². The average Bonchev–Trinajstić information content (AvgIpc) is 3.33. The highest BCUT2D eigenvalue weighted by molar-refractivity contribution is 5.78. The third-order valence-electron chi connectivity index (χ3n) is 5.18. The van der Waals surface area contributed by atoms with Gasteiger partial charge in [-0.1, -0.05) is 53.2 Å². The molecule has 0 aliphatic carbocycles. The standard InChI is InChI=1S/C26H25N3O4/c1-18-7-6-8-20(15-18)25-27-26(33-28-25)22-9-4-5-10-23(22)32-17-24(30)29(2)16-19-11-13-21(31-3)14-12-19/h4-15H,16-17H2,1-3H3. The number of benzene rings is 3. The Bertz CT molecular complexity index is 1230. The molecule has 0 atom stereocenters. The van der Waals surface area contributed by atoms with Crippen molar-refractivity contribution in [2.45, 2.75) is 13.5 Å². The lowest BCUT2D eigenvalue weighted by molar-refractivity contribution is -0.132. The molecule has 0 bridgehead atoms. The summed E-state index contributed by atoms with van der Waals surface area (Å²) in [5, 5.41) is 4.10. The van der Waals surface area contributed by atoms with Crippen molar-refractivity contribution in [2.75, 3.05) is 20.8 Å². The number of likely N-dealkylation sites (N-methyl/N-ethyl adjacent to an activating group) is 1. The van der Waals surface area contributed by atoms with E-state index in [1.165, 1.54) is 0 Å². The van der Waals surface area contributed by atoms with Gasteiger partial charge in [-0.05, 0) is 42.8 Å². The molecule has 3 aromatic carbocycles. The van der Waals surface area contributed by atoms with Crippen LogP contribution in [-0.4, -0.2) is 41.7 Å². The Morgan fingerprint density at radius 2 is 1.82 bits per heavy atom. The van der Waals surface area contributed by atoms with Gasteiger partial charge in [0.15, 0.2) is 6.61 Å². The average molecular weight is 444 g/mol. The number of methoxy groups -OCH3 is 1. The number of carbonyl (C=O) groups is 1. The molecule has 0 fully saturated rings. The molecule has 4 rings (SSSR count). The van der Waals surface area contributed by atoms with Crippen LogP contribution in [0.15, 0.2) is 77.3 Å². The van der Waals surface area contributed by atoms with Gasteiger partial charge in [0.2, 0.25) is 5.82 Å². The smallest absolute Gasteiger partial charge is 0.262 e. The second-order valence-electron chi connectivity index (χ2n) is 7.68. The van der Waals surface area contributed by atoms with E-state index in [9.17, 15) is 4.79 Å². The molecule has 0 spiro atoms. The minimum absolute atomic E-state index is 0.109. The Balaban J connectivity index is 1.43. The number of aryl methyl sites for hydroxylation is 1. The number of amides is 1. The van der Waals surface area contributed by atoms with Crippen molar-refractivity contribution >= 4 is 5.91 Å². The zero-order valence-electron chi connectivity index (χ0n) is 18.8. The molecule has 0 aliphatic heterocycles. The van der Waals surface area contributed by atoms with E-state index >= 15 is 0 Å². The number of hydrogen-bond donors (Lipinski definition) is 0. The lowest BCUT2D eigenvalue weighted by Gasteiger charge is -2.18. The molecule has 4 aromatic rings. The van der Waals surface area contributed by atoms with E-state index < -0.39 is 0 Å². The predicted octanol–water partition coefficient (Wildman–Crippen LogP) is 4.76. The monoisotopic (exact) mass is 443 g/mol. The summed E-state index contributed by atoms with van der Waals surface area (Å²) >= 11 is 0. The fraction of sp³-hybridized carbons (Fsp3) is 0.192. The Kier molecular flexibility index (Phi) is 6.69. The molecule has 7 nitrogen and oxygen atoms in total. The quantitative estimate of drug-likeness (QED) is 0.391. The van der Waals surface area contributed by atoms with Gasteiger partial charge < -0.3 is 18.9 Å². The maximum atomic E-state index is 12.6. The second kappa shape index (κ2) is 9.99. The van der Waals surface area contributed by atoms with Crippen LogP contribution in [0.3, 0.4) is 0 Å². The molecule has 0 radical (unpaired) electrons. The molecule has 1 amide bonds. The summed E-state index contributed by atoms with van der Waals surface area (Å²) in [6, 6.07) is 22.8. The lowest BCUT2D eigenvalue weighted by Crippen LogP contribution is -2.31. The Morgan fingerprint density at radius 1 is 1.03 bits per heavy atom. The van der Waals surface area contributed by atoms with Crippen LogP contribution in [-0.2, 0) is 11.3 Å². The van der Waals surface area contributed by atoms with Gasteiger partial charge >= 0.3 is 0 Å². The number of carbonyl (C=O) groups excluding carboxylic acids is 1. The Morgan fingerprint density at radius 3 is 2.58 bits per heavy atom. The van der Waals surface area contributed by atoms with E-state index in [0.717, 1.165) is 22.4 Å². The summed E-state index contributed by atoms with van der Waals surface area (Å²) < 4.78 is 16.5. The molecule has 1 heterocycles. The van der Waals surface area contributed by atoms with Crippen LogP contribution in [0.5, 0.6) is 11.5 Å². The van der Waals surface area contributed by atoms with Gasteiger partial charge in [0, 0.05) is 19.2 Å². The number of ether oxygens (including phenoxy) is 2. The van der Waals surface area contributed by atoms with E-state index in [4.69, 9.17) is 14.0 Å². The predicted molar refractivity (Wildman–Crippen MR) is 125 cm³/mol. The second-order valence-corrected chi connectivity index (χ2v) is 7.68. The normalized spacial score (nSPS) is 10.6. The fourth-order valence-electron chi connectivity index (χ4n) is 3.35. The van der Waals surface area contributed by atoms with Crippen molar-refractivity contribution in [1.82, 2.24) is 15.0 Å². The van der Waals surface area contributed by atoms with E-state index in [1.54, 1.807) is 25.1 Å². The van der Waals surface area contributed by atoms with Gasteiger partial charge in [-0.2, -0.15) is 4.98 Å². The minimum Gasteiger partial charge on any atom is -0.497 e. The largest absolute Gasteiger partial charge is 0.497 e. The van der Waals surface area contributed by atoms with Crippen LogP contribution in [0.25, 0.3) is 22.8 Å². The summed E-state index contributed by atoms with van der Waals surface area (Å²) in [6.07, 6.45) is 0. The van der Waals surface area contributed by atoms with Crippen molar-refractivity contribution in [3.8, 4) is 34.3 Å². The molecule has 0 aliphatic rings. The van der Waals surface area contributed by atoms with Crippen LogP contribution in [0.1, 0.15) is 11.1 Å². The summed E-state index contributed by atoms with van der Waals surface area (Å²) in [5.74, 6) is 1.97. The summed E-state index contributed by atoms with van der Waals surface area (Å²) in [5.41, 5.74) is 3.62. The van der Waals surface area contributed by atoms with E-state index in [0.29, 0.717) is 29.6 Å². The Hall–Kier alpha value is -4.13. The van der Waals surface area contributed by atoms with Crippen molar-refractivity contribution < 1.29 is 18.8 Å². The molecular formula is C26H25N3O4. The number of rotatable bonds is 8. The maximum Gasteiger partial charge on any atom is 0.262 e. The highest BCUT2D eigenvalue weighted by Gasteiger charge is 2.17. The fourth-order valence-corrected chi connectivity index (χ4v) is 3.35. The van der Waals surface area contributed by atoms with Gasteiger partial charge in [0.05, 0.1) is 12.7 Å². The Labute approximate surface area is 192 Å². The van der Waals surface area contributed by atoms with Crippen molar-refractivity contribution in [2.24, 2.45) is 0 Å². The minimum atomic E-state index is -0.147. The van der Waals surface area contributed by atoms with Crippen LogP contribution in [0, 0.1) is 6.92 Å². The van der Waals surface area contributed by atoms with E-state index in [2.05, 4.69) is 10.1 Å². The first-order valence-electron chi connectivity index (χ1n) is 10.5. The highest BCUT2D eigenvalue weighted by Crippen LogP contribution is 2.30. The summed E-state index contributed by atoms with van der Waals surface area (Å²) in [6.45, 7) is 2.37. The van der Waals surface area contributed by atoms with Gasteiger partial charge in [0.25, 0.3) is 11.8 Å². The third kappa shape index (κ3) is 5.38. The van der Waals surface area contributed by atoms with Crippen LogP contribution in [0.2, 0.25) is 0 Å². The van der Waals surface area contributed by atoms with Gasteiger partial charge in [0.1, 0.15) is 11.5 Å². The molecule has 168 valence electrons. The molecule has 0 saturated carbocycles. The topological polar surface area (TPSA) is 77.7 Å². The number of para-hydroxylation sites is 1. The van der Waals surface area contributed by atoms with E-state index in [-0.39, 0.29) is 12.5 Å². The first kappa shape index (κ1) is 22.1.